The van der Waals surface area contributed by atoms with E-state index in [9.17, 15) is 0 Å². The van der Waals surface area contributed by atoms with E-state index >= 15 is 0 Å². The summed E-state index contributed by atoms with van der Waals surface area (Å²) in [6.07, 6.45) is 38.6. The van der Waals surface area contributed by atoms with E-state index in [4.69, 9.17) is 0 Å². The molecular weight excluding hydrogens is 374 g/mol. The van der Waals surface area contributed by atoms with Gasteiger partial charge < -0.3 is 0 Å². The lowest BCUT2D eigenvalue weighted by atomic mass is 9.88. The minimum absolute atomic E-state index is 0.938. The molecule has 0 aliphatic heterocycles. The fourth-order valence-electron chi connectivity index (χ4n) is 6.33. The van der Waals surface area contributed by atoms with Gasteiger partial charge in [0.25, 0.3) is 0 Å². The van der Waals surface area contributed by atoms with Crippen molar-refractivity contribution < 1.29 is 0 Å². The number of hydrogen-bond donors (Lipinski definition) is 0. The predicted octanol–water partition coefficient (Wildman–Crippen LogP) is 10.2. The molecule has 0 aromatic heterocycles. The average Bonchev–Trinajstić information content (AvgIpc) is 2.82. The van der Waals surface area contributed by atoms with Gasteiger partial charge in [0.05, 0.1) is 0 Å². The van der Waals surface area contributed by atoms with E-state index in [2.05, 4.69) is 11.8 Å². The first-order valence-electron chi connectivity index (χ1n) is 15.2. The van der Waals surface area contributed by atoms with Crippen LogP contribution in [0.25, 0.3) is 0 Å². The lowest BCUT2D eigenvalue weighted by Crippen LogP contribution is -2.45. The van der Waals surface area contributed by atoms with Crippen molar-refractivity contribution in [3.05, 3.63) is 0 Å². The summed E-state index contributed by atoms with van der Waals surface area (Å²) in [4.78, 5) is 3.02. The molecule has 2 rings (SSSR count). The van der Waals surface area contributed by atoms with Gasteiger partial charge in [-0.05, 0) is 38.6 Å². The Morgan fingerprint density at radius 1 is 0.419 bits per heavy atom. The van der Waals surface area contributed by atoms with E-state index in [-0.39, 0.29) is 0 Å². The quantitative estimate of drug-likeness (QED) is 0.183. The summed E-state index contributed by atoms with van der Waals surface area (Å²) in [5, 5.41) is 0. The van der Waals surface area contributed by atoms with Gasteiger partial charge in [-0.3, -0.25) is 4.90 Å². The standard InChI is InChI=1S/C30H59N/c1-2-3-4-5-6-7-8-9-10-11-12-13-14-15-16-23-28-31(29-24-19-17-20-25-29)30-26-21-18-22-27-30/h29-30H,2-28H2,1H3. The van der Waals surface area contributed by atoms with E-state index in [1.54, 1.807) is 0 Å². The molecule has 2 aliphatic carbocycles. The van der Waals surface area contributed by atoms with Crippen LogP contribution < -0.4 is 0 Å². The molecule has 0 spiro atoms. The molecule has 2 fully saturated rings. The van der Waals surface area contributed by atoms with Gasteiger partial charge >= 0.3 is 0 Å². The summed E-state index contributed by atoms with van der Waals surface area (Å²) in [5.74, 6) is 0. The van der Waals surface area contributed by atoms with Gasteiger partial charge in [0.2, 0.25) is 0 Å². The van der Waals surface area contributed by atoms with E-state index < -0.39 is 0 Å². The first-order valence-corrected chi connectivity index (χ1v) is 15.2. The minimum Gasteiger partial charge on any atom is -0.297 e. The summed E-state index contributed by atoms with van der Waals surface area (Å²) in [5.41, 5.74) is 0. The van der Waals surface area contributed by atoms with Gasteiger partial charge in [0, 0.05) is 12.1 Å². The van der Waals surface area contributed by atoms with Crippen LogP contribution in [0.3, 0.4) is 0 Å². The molecular formula is C30H59N. The highest BCUT2D eigenvalue weighted by molar-refractivity contribution is 4.83. The molecule has 0 heterocycles. The Bertz CT molecular complexity index is 349. The Morgan fingerprint density at radius 3 is 1.10 bits per heavy atom. The second kappa shape index (κ2) is 19.4. The molecule has 0 N–H and O–H groups in total. The van der Waals surface area contributed by atoms with Crippen LogP contribution in [-0.4, -0.2) is 23.5 Å². The first kappa shape index (κ1) is 27.2. The predicted molar refractivity (Wildman–Crippen MR) is 140 cm³/mol. The third-order valence-corrected chi connectivity index (χ3v) is 8.36. The maximum atomic E-state index is 3.02. The van der Waals surface area contributed by atoms with Gasteiger partial charge in [-0.15, -0.1) is 0 Å². The molecule has 0 unspecified atom stereocenters. The second-order valence-corrected chi connectivity index (χ2v) is 11.1. The number of unbranched alkanes of at least 4 members (excludes halogenated alkanes) is 15. The third-order valence-electron chi connectivity index (χ3n) is 8.36. The third kappa shape index (κ3) is 13.3. The van der Waals surface area contributed by atoms with Crippen molar-refractivity contribution in [2.45, 2.75) is 186 Å². The van der Waals surface area contributed by atoms with Crippen molar-refractivity contribution in [3.8, 4) is 0 Å². The Morgan fingerprint density at radius 2 is 0.742 bits per heavy atom. The number of nitrogens with zero attached hydrogens (tertiary/aromatic N) is 1. The topological polar surface area (TPSA) is 3.24 Å². The van der Waals surface area contributed by atoms with Gasteiger partial charge in [-0.1, -0.05) is 142 Å². The van der Waals surface area contributed by atoms with Gasteiger partial charge in [0.15, 0.2) is 0 Å². The van der Waals surface area contributed by atoms with Crippen molar-refractivity contribution in [1.82, 2.24) is 4.90 Å². The molecule has 0 bridgehead atoms. The summed E-state index contributed by atoms with van der Waals surface area (Å²) >= 11 is 0. The molecule has 0 radical (unpaired) electrons. The molecule has 0 amide bonds. The van der Waals surface area contributed by atoms with Crippen LogP contribution in [0.4, 0.5) is 0 Å². The summed E-state index contributed by atoms with van der Waals surface area (Å²) in [6, 6.07) is 1.88. The second-order valence-electron chi connectivity index (χ2n) is 11.1. The summed E-state index contributed by atoms with van der Waals surface area (Å²) in [6.45, 7) is 3.72. The van der Waals surface area contributed by atoms with Crippen LogP contribution in [-0.2, 0) is 0 Å². The summed E-state index contributed by atoms with van der Waals surface area (Å²) < 4.78 is 0. The molecule has 184 valence electrons. The maximum absolute atomic E-state index is 3.02. The average molecular weight is 434 g/mol. The molecule has 1 nitrogen and oxygen atoms in total. The fraction of sp³-hybridized carbons (Fsp3) is 1.00. The number of hydrogen-bond acceptors (Lipinski definition) is 1. The maximum Gasteiger partial charge on any atom is 0.00981 e. The van der Waals surface area contributed by atoms with Crippen molar-refractivity contribution in [3.63, 3.8) is 0 Å². The van der Waals surface area contributed by atoms with Gasteiger partial charge in [0.1, 0.15) is 0 Å². The first-order chi connectivity index (χ1) is 15.4. The van der Waals surface area contributed by atoms with Gasteiger partial charge in [-0.2, -0.15) is 0 Å². The van der Waals surface area contributed by atoms with E-state index in [1.807, 2.05) is 0 Å². The lowest BCUT2D eigenvalue weighted by Gasteiger charge is -2.41. The molecule has 0 atom stereocenters. The van der Waals surface area contributed by atoms with Crippen molar-refractivity contribution >= 4 is 0 Å². The number of rotatable bonds is 19. The Hall–Kier alpha value is -0.0400. The SMILES string of the molecule is CCCCCCCCCCCCCCCCCCN(C1CCCCC1)C1CCCCC1. The van der Waals surface area contributed by atoms with E-state index in [0.29, 0.717) is 0 Å². The highest BCUT2D eigenvalue weighted by Crippen LogP contribution is 2.30. The zero-order valence-corrected chi connectivity index (χ0v) is 21.7. The van der Waals surface area contributed by atoms with Gasteiger partial charge in [-0.25, -0.2) is 0 Å². The molecule has 2 saturated carbocycles. The van der Waals surface area contributed by atoms with E-state index in [0.717, 1.165) is 12.1 Å². The molecule has 2 aliphatic rings. The molecule has 1 heteroatoms. The normalized spacial score (nSPS) is 18.8. The monoisotopic (exact) mass is 433 g/mol. The molecule has 0 aromatic carbocycles. The summed E-state index contributed by atoms with van der Waals surface area (Å²) in [7, 11) is 0. The molecule has 0 aromatic rings. The van der Waals surface area contributed by atoms with Crippen LogP contribution >= 0.6 is 0 Å². The molecule has 0 saturated heterocycles. The van der Waals surface area contributed by atoms with Crippen LogP contribution in [0, 0.1) is 0 Å². The minimum atomic E-state index is 0.938. The Balaban J connectivity index is 1.40. The highest BCUT2D eigenvalue weighted by Gasteiger charge is 2.28. The lowest BCUT2D eigenvalue weighted by molar-refractivity contribution is 0.0788. The smallest absolute Gasteiger partial charge is 0.00981 e. The van der Waals surface area contributed by atoms with Crippen LogP contribution in [0.5, 0.6) is 0 Å². The highest BCUT2D eigenvalue weighted by atomic mass is 15.2. The Labute approximate surface area is 197 Å². The van der Waals surface area contributed by atoms with Crippen LogP contribution in [0.1, 0.15) is 174 Å². The van der Waals surface area contributed by atoms with Crippen LogP contribution in [0.15, 0.2) is 0 Å². The van der Waals surface area contributed by atoms with Crippen molar-refractivity contribution in [2.24, 2.45) is 0 Å². The Kier molecular flexibility index (Phi) is 17.1. The van der Waals surface area contributed by atoms with Crippen molar-refractivity contribution in [2.75, 3.05) is 6.54 Å². The van der Waals surface area contributed by atoms with E-state index in [1.165, 1.54) is 173 Å². The van der Waals surface area contributed by atoms with Crippen LogP contribution in [0.2, 0.25) is 0 Å². The zero-order chi connectivity index (χ0) is 21.8. The van der Waals surface area contributed by atoms with Crippen molar-refractivity contribution in [1.29, 1.82) is 0 Å². The fourth-order valence-corrected chi connectivity index (χ4v) is 6.33. The largest absolute Gasteiger partial charge is 0.297 e. The molecule has 31 heavy (non-hydrogen) atoms. The zero-order valence-electron chi connectivity index (χ0n) is 21.7.